The van der Waals surface area contributed by atoms with Crippen molar-refractivity contribution in [2.45, 2.75) is 24.7 Å². The van der Waals surface area contributed by atoms with E-state index in [0.717, 1.165) is 5.69 Å². The molecule has 1 fully saturated rings. The summed E-state index contributed by atoms with van der Waals surface area (Å²) in [5, 5.41) is 0.627. The first-order valence-electron chi connectivity index (χ1n) is 13.5. The second kappa shape index (κ2) is 9.57. The summed E-state index contributed by atoms with van der Waals surface area (Å²) >= 11 is 5.96. The molecule has 1 saturated heterocycles. The Labute approximate surface area is 219 Å². The highest BCUT2D eigenvalue weighted by Crippen LogP contribution is 2.25. The summed E-state index contributed by atoms with van der Waals surface area (Å²) in [5.41, 5.74) is -0.811. The van der Waals surface area contributed by atoms with Gasteiger partial charge in [0.05, 0.1) is 4.90 Å². The minimum atomic E-state index is -3.77. The van der Waals surface area contributed by atoms with E-state index in [2.05, 4.69) is 19.9 Å². The summed E-state index contributed by atoms with van der Waals surface area (Å²) < 4.78 is 66.0. The molecule has 1 aliphatic rings. The topological polar surface area (TPSA) is 124 Å². The molecule has 0 saturated carbocycles. The number of aromatic amines is 2. The van der Waals surface area contributed by atoms with E-state index < -0.39 is 41.0 Å². The van der Waals surface area contributed by atoms with E-state index in [1.165, 1.54) is 28.6 Å². The van der Waals surface area contributed by atoms with Crippen LogP contribution in [0.3, 0.4) is 0 Å². The largest absolute Gasteiger partial charge is 0.369 e. The molecule has 1 aliphatic heterocycles. The molecule has 2 aromatic carbocycles. The van der Waals surface area contributed by atoms with Crippen LogP contribution < -0.4 is 16.1 Å². The number of nitrogens with zero attached hydrogens (tertiary/aromatic N) is 4. The van der Waals surface area contributed by atoms with E-state index in [-0.39, 0.29) is 21.9 Å². The first-order valence-corrected chi connectivity index (χ1v) is 12.8. The predicted octanol–water partition coefficient (Wildman–Crippen LogP) is 2.65. The Bertz CT molecular complexity index is 1810. The van der Waals surface area contributed by atoms with Gasteiger partial charge in [-0.1, -0.05) is 18.5 Å². The molecular weight excluding hydrogens is 504 g/mol. The van der Waals surface area contributed by atoms with Gasteiger partial charge in [-0.3, -0.25) is 14.3 Å². The lowest BCUT2D eigenvalue weighted by atomic mass is 10.2. The zero-order valence-electron chi connectivity index (χ0n) is 23.9. The number of aromatic nitrogens is 4. The van der Waals surface area contributed by atoms with Gasteiger partial charge in [-0.2, -0.15) is 4.31 Å². The molecule has 10 nitrogen and oxygen atoms in total. The van der Waals surface area contributed by atoms with E-state index in [9.17, 15) is 18.0 Å². The number of halogens is 1. The third kappa shape index (κ3) is 4.45. The van der Waals surface area contributed by atoms with E-state index in [0.29, 0.717) is 41.3 Å². The first-order chi connectivity index (χ1) is 19.2. The van der Waals surface area contributed by atoms with Crippen LogP contribution in [0.2, 0.25) is 5.02 Å². The standard InChI is InChI=1S/C24H25ClN6O4S/c1-2-11-31-23(32)20-22(28-24(31)33)27-21(26-20)16-3-9-19(10-4-16)36(34,35)30-14-12-29(13-15-30)18-7-5-17(25)6-8-18/h3-10H,2,11-15H2,1H3,(H,26,27)(H,28,33)/i1T3,2T2. The molecule has 0 aliphatic carbocycles. The second-order valence-electron chi connectivity index (χ2n) is 8.20. The summed E-state index contributed by atoms with van der Waals surface area (Å²) in [6, 6.07) is 13.2. The number of hydrogen-bond acceptors (Lipinski definition) is 6. The van der Waals surface area contributed by atoms with Crippen LogP contribution in [0.4, 0.5) is 5.69 Å². The van der Waals surface area contributed by atoms with Crippen molar-refractivity contribution in [1.82, 2.24) is 23.8 Å². The van der Waals surface area contributed by atoms with Crippen molar-refractivity contribution in [2.24, 2.45) is 0 Å². The molecule has 2 N–H and O–H groups in total. The third-order valence-electron chi connectivity index (χ3n) is 6.07. The molecule has 0 bridgehead atoms. The zero-order valence-corrected chi connectivity index (χ0v) is 20.4. The van der Waals surface area contributed by atoms with Crippen molar-refractivity contribution in [1.29, 1.82) is 0 Å². The number of nitrogens with one attached hydrogen (secondary N) is 2. The molecule has 5 rings (SSSR count). The van der Waals surface area contributed by atoms with Crippen LogP contribution in [-0.4, -0.2) is 58.4 Å². The Morgan fingerprint density at radius 3 is 2.39 bits per heavy atom. The fourth-order valence-electron chi connectivity index (χ4n) is 4.15. The fraction of sp³-hybridized carbons (Fsp3) is 0.292. The molecule has 0 unspecified atom stereocenters. The first kappa shape index (κ1) is 18.8. The van der Waals surface area contributed by atoms with Crippen LogP contribution in [0.1, 0.15) is 20.1 Å². The van der Waals surface area contributed by atoms with Gasteiger partial charge >= 0.3 is 5.69 Å². The van der Waals surface area contributed by atoms with Gasteiger partial charge in [0.15, 0.2) is 5.65 Å². The summed E-state index contributed by atoms with van der Waals surface area (Å²) in [6.07, 6.45) is -2.83. The molecule has 36 heavy (non-hydrogen) atoms. The summed E-state index contributed by atoms with van der Waals surface area (Å²) in [5.74, 6) is 0.157. The normalized spacial score (nSPS) is 17.8. The van der Waals surface area contributed by atoms with Gasteiger partial charge in [0.25, 0.3) is 5.56 Å². The van der Waals surface area contributed by atoms with E-state index in [4.69, 9.17) is 18.5 Å². The lowest BCUT2D eigenvalue weighted by Gasteiger charge is -2.35. The maximum absolute atomic E-state index is 13.3. The number of sulfonamides is 1. The monoisotopic (exact) mass is 538 g/mol. The number of benzene rings is 2. The maximum Gasteiger partial charge on any atom is 0.330 e. The highest BCUT2D eigenvalue weighted by Gasteiger charge is 2.28. The summed E-state index contributed by atoms with van der Waals surface area (Å²) in [4.78, 5) is 36.9. The SMILES string of the molecule is [3H]C([3H])([3H])C([3H])([3H])Cn1c(=O)[nH]c2nc(-c3ccc(S(=O)(=O)N4CCN(c5ccc(Cl)cc5)CC4)cc3)[nH]c2c1=O. The van der Waals surface area contributed by atoms with Gasteiger partial charge < -0.3 is 9.88 Å². The number of rotatable bonds is 6. The molecule has 12 heteroatoms. The molecule has 2 aromatic heterocycles. The van der Waals surface area contributed by atoms with Gasteiger partial charge in [-0.05, 0) is 54.9 Å². The second-order valence-corrected chi connectivity index (χ2v) is 10.6. The average molecular weight is 539 g/mol. The van der Waals surface area contributed by atoms with Crippen LogP contribution in [0, 0.1) is 0 Å². The fourth-order valence-corrected chi connectivity index (χ4v) is 5.69. The molecule has 0 spiro atoms. The van der Waals surface area contributed by atoms with Gasteiger partial charge in [0.2, 0.25) is 10.0 Å². The van der Waals surface area contributed by atoms with E-state index in [1.807, 2.05) is 12.1 Å². The van der Waals surface area contributed by atoms with Crippen LogP contribution in [0.15, 0.2) is 63.0 Å². The molecule has 188 valence electrons. The van der Waals surface area contributed by atoms with Crippen molar-refractivity contribution < 1.29 is 15.3 Å². The average Bonchev–Trinajstić information content (AvgIpc) is 3.35. The van der Waals surface area contributed by atoms with Crippen LogP contribution >= 0.6 is 11.6 Å². The smallest absolute Gasteiger partial charge is 0.330 e. The molecule has 3 heterocycles. The molecule has 0 atom stereocenters. The highest BCUT2D eigenvalue weighted by atomic mass is 35.5. The lowest BCUT2D eigenvalue weighted by molar-refractivity contribution is 0.385. The van der Waals surface area contributed by atoms with Gasteiger partial charge in [-0.15, -0.1) is 0 Å². The van der Waals surface area contributed by atoms with Gasteiger partial charge in [0, 0.05) is 55.9 Å². The van der Waals surface area contributed by atoms with E-state index >= 15 is 0 Å². The zero-order chi connectivity index (χ0) is 29.7. The Hall–Kier alpha value is -3.41. The number of imidazole rings is 1. The Morgan fingerprint density at radius 1 is 1.03 bits per heavy atom. The van der Waals surface area contributed by atoms with Gasteiger partial charge in [-0.25, -0.2) is 18.2 Å². The van der Waals surface area contributed by atoms with Crippen molar-refractivity contribution in [3.8, 4) is 11.4 Å². The van der Waals surface area contributed by atoms with Crippen LogP contribution in [0.25, 0.3) is 22.6 Å². The maximum atomic E-state index is 13.3. The van der Waals surface area contributed by atoms with Crippen LogP contribution in [0.5, 0.6) is 0 Å². The van der Waals surface area contributed by atoms with Gasteiger partial charge in [0.1, 0.15) is 11.3 Å². The Morgan fingerprint density at radius 2 is 1.72 bits per heavy atom. The van der Waals surface area contributed by atoms with Crippen molar-refractivity contribution in [3.05, 3.63) is 74.4 Å². The molecular formula is C24H25ClN6O4S. The van der Waals surface area contributed by atoms with E-state index in [1.54, 1.807) is 12.1 Å². The van der Waals surface area contributed by atoms with Crippen molar-refractivity contribution in [2.75, 3.05) is 31.1 Å². The number of anilines is 1. The summed E-state index contributed by atoms with van der Waals surface area (Å²) in [7, 11) is -3.77. The van der Waals surface area contributed by atoms with Crippen molar-refractivity contribution in [3.63, 3.8) is 0 Å². The Balaban J connectivity index is 1.35. The molecule has 4 aromatic rings. The highest BCUT2D eigenvalue weighted by molar-refractivity contribution is 7.89. The minimum Gasteiger partial charge on any atom is -0.369 e. The molecule has 0 radical (unpaired) electrons. The number of H-pyrrole nitrogens is 2. The number of hydrogen-bond donors (Lipinski definition) is 2. The van der Waals surface area contributed by atoms with Crippen molar-refractivity contribution >= 4 is 38.5 Å². The predicted molar refractivity (Wildman–Crippen MR) is 139 cm³/mol. The number of piperazine rings is 1. The Kier molecular flexibility index (Phi) is 5.00. The number of fused-ring (bicyclic) bond motifs is 1. The molecule has 0 amide bonds. The van der Waals surface area contributed by atoms with Crippen LogP contribution in [-0.2, 0) is 16.6 Å². The third-order valence-corrected chi connectivity index (χ3v) is 8.23. The quantitative estimate of drug-likeness (QED) is 0.389. The minimum absolute atomic E-state index is 0.0833. The lowest BCUT2D eigenvalue weighted by Crippen LogP contribution is -2.48. The summed E-state index contributed by atoms with van der Waals surface area (Å²) in [6.45, 7) is -2.41.